The molecule has 0 atom stereocenters. The molecular weight excluding hydrogens is 607 g/mol. The first-order chi connectivity index (χ1) is 22.3. The molecule has 0 saturated carbocycles. The van der Waals surface area contributed by atoms with Gasteiger partial charge in [-0.1, -0.05) is 69.7 Å². The Labute approximate surface area is 296 Å². The Morgan fingerprint density at radius 1 is 0.809 bits per heavy atom. The highest BCUT2D eigenvalue weighted by Gasteiger charge is 2.02. The zero-order valence-corrected chi connectivity index (χ0v) is 34.2. The molecule has 3 aromatic rings. The van der Waals surface area contributed by atoms with Crippen molar-refractivity contribution in [2.24, 2.45) is 5.92 Å². The number of hydrogen-bond donors (Lipinski definition) is 0. The summed E-state index contributed by atoms with van der Waals surface area (Å²) in [4.78, 5) is 8.15. The second-order valence-corrected chi connectivity index (χ2v) is 12.2. The quantitative estimate of drug-likeness (QED) is 0.273. The maximum absolute atomic E-state index is 5.10. The van der Waals surface area contributed by atoms with Crippen LogP contribution in [0.1, 0.15) is 57.7 Å². The Morgan fingerprint density at radius 3 is 1.43 bits per heavy atom. The summed E-state index contributed by atoms with van der Waals surface area (Å²) in [6.45, 7) is 22.5. The van der Waals surface area contributed by atoms with Gasteiger partial charge in [-0.2, -0.15) is 11.3 Å². The molecular formula is C39H75N3O4S. The standard InChI is InChI=1S/C7H8.C6H7N.C5H11NO.C5H6S.C4H10O.C4H10.C3H9N.C3H8O.C2H6O/c1-7-5-3-2-4-6-7;1-6-3-2-4-7-5-6;1-6-2-4-7-5-3-6;1-5-2-3-6-4-5;1-3-4-5-2;2*1-4(2)3;1-3-4-2;1-3-2/h2-6H,1H3;2-5H,1H3;2-5H2,1H3;2-4H,1H3;3-4H2,1-2H3;4H,1-3H3;1-3H3;3H2,1-2H3;1-2H3. The van der Waals surface area contributed by atoms with Gasteiger partial charge in [-0.25, -0.2) is 0 Å². The maximum Gasteiger partial charge on any atom is 0.0594 e. The fourth-order valence-electron chi connectivity index (χ4n) is 2.17. The Morgan fingerprint density at radius 2 is 1.28 bits per heavy atom. The van der Waals surface area contributed by atoms with E-state index in [-0.39, 0.29) is 0 Å². The van der Waals surface area contributed by atoms with Crippen molar-refractivity contribution < 1.29 is 18.9 Å². The molecule has 4 rings (SSSR count). The van der Waals surface area contributed by atoms with E-state index < -0.39 is 0 Å². The van der Waals surface area contributed by atoms with Crippen LogP contribution in [0.4, 0.5) is 0 Å². The van der Waals surface area contributed by atoms with Crippen molar-refractivity contribution in [3.63, 3.8) is 0 Å². The Balaban J connectivity index is -0.000000143. The van der Waals surface area contributed by atoms with E-state index in [0.29, 0.717) is 0 Å². The number of thiophene rings is 1. The molecule has 276 valence electrons. The van der Waals surface area contributed by atoms with Crippen LogP contribution in [0.5, 0.6) is 0 Å². The third-order valence-corrected chi connectivity index (χ3v) is 5.15. The number of pyridine rings is 1. The van der Waals surface area contributed by atoms with Gasteiger partial charge in [0.1, 0.15) is 0 Å². The van der Waals surface area contributed by atoms with Crippen molar-refractivity contribution in [2.45, 2.75) is 61.8 Å². The van der Waals surface area contributed by atoms with Crippen molar-refractivity contribution >= 4 is 11.3 Å². The molecule has 1 aromatic carbocycles. The number of aryl methyl sites for hydroxylation is 3. The smallest absolute Gasteiger partial charge is 0.0594 e. The lowest BCUT2D eigenvalue weighted by atomic mass is 10.2. The molecule has 0 spiro atoms. The third-order valence-electron chi connectivity index (χ3n) is 4.34. The third kappa shape index (κ3) is 75.7. The average molecular weight is 682 g/mol. The van der Waals surface area contributed by atoms with E-state index in [1.165, 1.54) is 16.7 Å². The minimum Gasteiger partial charge on any atom is -0.388 e. The maximum atomic E-state index is 5.10. The van der Waals surface area contributed by atoms with Crippen molar-refractivity contribution in [3.05, 3.63) is 88.4 Å². The van der Waals surface area contributed by atoms with Gasteiger partial charge in [-0.3, -0.25) is 4.98 Å². The summed E-state index contributed by atoms with van der Waals surface area (Å²) in [5.41, 5.74) is 3.89. The molecule has 0 N–H and O–H groups in total. The van der Waals surface area contributed by atoms with Crippen LogP contribution in [0.15, 0.2) is 71.7 Å². The summed E-state index contributed by atoms with van der Waals surface area (Å²) in [5.74, 6) is 0.833. The molecule has 47 heavy (non-hydrogen) atoms. The van der Waals surface area contributed by atoms with Crippen molar-refractivity contribution in [1.29, 1.82) is 0 Å². The Bertz CT molecular complexity index is 809. The Hall–Kier alpha value is -2.17. The molecule has 7 nitrogen and oxygen atoms in total. The molecule has 0 bridgehead atoms. The number of hydrogen-bond acceptors (Lipinski definition) is 8. The number of aromatic nitrogens is 1. The van der Waals surface area contributed by atoms with E-state index in [1.54, 1.807) is 46.0 Å². The number of morpholine rings is 1. The second-order valence-electron chi connectivity index (χ2n) is 11.5. The van der Waals surface area contributed by atoms with Gasteiger partial charge in [-0.15, -0.1) is 0 Å². The largest absolute Gasteiger partial charge is 0.388 e. The highest BCUT2D eigenvalue weighted by atomic mass is 32.1. The van der Waals surface area contributed by atoms with Crippen LogP contribution in [0.3, 0.4) is 0 Å². The van der Waals surface area contributed by atoms with Gasteiger partial charge in [0.25, 0.3) is 0 Å². The first kappa shape index (κ1) is 54.3. The monoisotopic (exact) mass is 682 g/mol. The number of benzene rings is 1. The predicted molar refractivity (Wildman–Crippen MR) is 210 cm³/mol. The number of likely N-dealkylation sites (N-methyl/N-ethyl adjacent to an activating group) is 1. The minimum absolute atomic E-state index is 0.819. The summed E-state index contributed by atoms with van der Waals surface area (Å²) < 4.78 is 18.6. The average Bonchev–Trinajstić information content (AvgIpc) is 3.51. The van der Waals surface area contributed by atoms with Gasteiger partial charge in [-0.05, 0) is 102 Å². The Kier molecular flexibility index (Phi) is 55.7. The normalized spacial score (nSPS) is 10.9. The topological polar surface area (TPSA) is 56.3 Å². The highest BCUT2D eigenvalue weighted by Crippen LogP contribution is 2.01. The highest BCUT2D eigenvalue weighted by molar-refractivity contribution is 7.07. The van der Waals surface area contributed by atoms with Crippen LogP contribution in [0, 0.1) is 26.7 Å². The first-order valence-corrected chi connectivity index (χ1v) is 17.4. The molecule has 1 aliphatic heterocycles. The fourth-order valence-corrected chi connectivity index (χ4v) is 2.84. The van der Waals surface area contributed by atoms with Crippen molar-refractivity contribution in [2.75, 3.05) is 96.1 Å². The van der Waals surface area contributed by atoms with E-state index in [1.807, 2.05) is 76.4 Å². The SMILES string of the molecule is CC(C)C.CCCOC.CCOC.CN(C)C.CN1CCOCC1.COC.Cc1ccccc1.Cc1cccnc1.Cc1ccsc1. The van der Waals surface area contributed by atoms with Gasteiger partial charge >= 0.3 is 0 Å². The number of ether oxygens (including phenoxy) is 4. The minimum atomic E-state index is 0.819. The van der Waals surface area contributed by atoms with Crippen LogP contribution in [-0.2, 0) is 18.9 Å². The molecule has 0 radical (unpaired) electrons. The van der Waals surface area contributed by atoms with Gasteiger partial charge in [0.05, 0.1) is 13.2 Å². The summed E-state index contributed by atoms with van der Waals surface area (Å²) in [6, 6.07) is 16.3. The number of rotatable bonds is 3. The summed E-state index contributed by atoms with van der Waals surface area (Å²) in [7, 11) is 14.8. The van der Waals surface area contributed by atoms with E-state index in [2.05, 4.69) is 96.9 Å². The molecule has 2 aromatic heterocycles. The van der Waals surface area contributed by atoms with Crippen LogP contribution in [-0.4, -0.2) is 111 Å². The first-order valence-electron chi connectivity index (χ1n) is 16.4. The van der Waals surface area contributed by atoms with Gasteiger partial charge in [0.2, 0.25) is 0 Å². The van der Waals surface area contributed by atoms with Crippen LogP contribution in [0.2, 0.25) is 0 Å². The predicted octanol–water partition coefficient (Wildman–Crippen LogP) is 9.19. The fraction of sp³-hybridized carbons (Fsp3) is 0.615. The van der Waals surface area contributed by atoms with E-state index in [9.17, 15) is 0 Å². The number of methoxy groups -OCH3 is 3. The van der Waals surface area contributed by atoms with Crippen LogP contribution >= 0.6 is 11.3 Å². The number of nitrogens with zero attached hydrogens (tertiary/aromatic N) is 3. The lowest BCUT2D eigenvalue weighted by Gasteiger charge is -2.21. The second kappa shape index (κ2) is 48.2. The van der Waals surface area contributed by atoms with E-state index >= 15 is 0 Å². The molecule has 1 fully saturated rings. The van der Waals surface area contributed by atoms with Gasteiger partial charge in [0.15, 0.2) is 0 Å². The van der Waals surface area contributed by atoms with Crippen LogP contribution in [0.25, 0.3) is 0 Å². The summed E-state index contributed by atoms with van der Waals surface area (Å²) in [5, 5.41) is 4.20. The molecule has 3 heterocycles. The van der Waals surface area contributed by atoms with E-state index in [0.717, 1.165) is 51.9 Å². The molecule has 0 amide bonds. The summed E-state index contributed by atoms with van der Waals surface area (Å²) in [6.07, 6.45) is 4.73. The molecule has 0 unspecified atom stereocenters. The zero-order valence-electron chi connectivity index (χ0n) is 33.3. The van der Waals surface area contributed by atoms with Crippen molar-refractivity contribution in [1.82, 2.24) is 14.8 Å². The molecule has 0 aliphatic carbocycles. The van der Waals surface area contributed by atoms with Gasteiger partial charge in [0, 0.05) is 67.1 Å². The molecule has 8 heteroatoms. The zero-order chi connectivity index (χ0) is 37.1. The molecule has 1 saturated heterocycles. The summed E-state index contributed by atoms with van der Waals surface area (Å²) >= 11 is 1.74. The lowest BCUT2D eigenvalue weighted by Crippen LogP contribution is -2.32. The lowest BCUT2D eigenvalue weighted by molar-refractivity contribution is 0.0503. The van der Waals surface area contributed by atoms with Crippen LogP contribution < -0.4 is 0 Å². The molecule has 1 aliphatic rings. The van der Waals surface area contributed by atoms with E-state index in [4.69, 9.17) is 9.47 Å². The van der Waals surface area contributed by atoms with Gasteiger partial charge < -0.3 is 28.7 Å². The van der Waals surface area contributed by atoms with Crippen molar-refractivity contribution in [3.8, 4) is 0 Å².